The summed E-state index contributed by atoms with van der Waals surface area (Å²) in [6.07, 6.45) is 2.98. The number of nitrogens with one attached hydrogen (secondary N) is 1. The minimum atomic E-state index is -0.272. The van der Waals surface area contributed by atoms with E-state index in [1.807, 2.05) is 23.9 Å². The third kappa shape index (κ3) is 3.96. The Hall–Kier alpha value is -1.07. The van der Waals surface area contributed by atoms with Crippen LogP contribution in [0.25, 0.3) is 0 Å². The number of nitrogens with zero attached hydrogens (tertiary/aromatic N) is 1. The largest absolute Gasteiger partial charge is 0.313 e. The van der Waals surface area contributed by atoms with E-state index in [-0.39, 0.29) is 10.6 Å². The lowest BCUT2D eigenvalue weighted by Crippen LogP contribution is -2.36. The molecule has 1 N–H and O–H groups in total. The molecule has 1 aliphatic heterocycles. The first-order valence-electron chi connectivity index (χ1n) is 7.25. The Bertz CT molecular complexity index is 453. The molecule has 20 heavy (non-hydrogen) atoms. The van der Waals surface area contributed by atoms with Crippen LogP contribution in [0.2, 0.25) is 0 Å². The number of rotatable bonds is 7. The fourth-order valence-electron chi connectivity index (χ4n) is 2.68. The fourth-order valence-corrected chi connectivity index (χ4v) is 4.16. The van der Waals surface area contributed by atoms with Gasteiger partial charge >= 0.3 is 0 Å². The molecule has 0 spiro atoms. The number of para-hydroxylation sites is 1. The summed E-state index contributed by atoms with van der Waals surface area (Å²) in [5.41, 5.74) is 1.12. The van der Waals surface area contributed by atoms with Gasteiger partial charge in [0, 0.05) is 23.4 Å². The van der Waals surface area contributed by atoms with Gasteiger partial charge in [0.25, 0.3) is 5.69 Å². The molecule has 2 unspecified atom stereocenters. The van der Waals surface area contributed by atoms with Gasteiger partial charge in [0.05, 0.1) is 4.92 Å². The average molecular weight is 294 g/mol. The van der Waals surface area contributed by atoms with Gasteiger partial charge in [-0.2, -0.15) is 11.8 Å². The lowest BCUT2D eigenvalue weighted by atomic mass is 9.94. The molecule has 1 heterocycles. The van der Waals surface area contributed by atoms with Gasteiger partial charge in [0.15, 0.2) is 0 Å². The number of aryl methyl sites for hydroxylation is 1. The van der Waals surface area contributed by atoms with Crippen LogP contribution in [0.3, 0.4) is 0 Å². The molecule has 4 nitrogen and oxygen atoms in total. The maximum atomic E-state index is 11.0. The molecule has 0 aliphatic carbocycles. The van der Waals surface area contributed by atoms with Crippen LogP contribution in [-0.4, -0.2) is 29.0 Å². The first kappa shape index (κ1) is 15.3. The Morgan fingerprint density at radius 2 is 2.20 bits per heavy atom. The predicted molar refractivity (Wildman–Crippen MR) is 84.3 cm³/mol. The lowest BCUT2D eigenvalue weighted by Gasteiger charge is -2.19. The van der Waals surface area contributed by atoms with Crippen LogP contribution in [0.5, 0.6) is 0 Å². The quantitative estimate of drug-likeness (QED) is 0.619. The highest BCUT2D eigenvalue weighted by atomic mass is 32.2. The summed E-state index contributed by atoms with van der Waals surface area (Å²) in [4.78, 5) is 10.7. The van der Waals surface area contributed by atoms with E-state index in [4.69, 9.17) is 0 Å². The Kier molecular flexibility index (Phi) is 5.86. The van der Waals surface area contributed by atoms with Crippen molar-refractivity contribution in [2.24, 2.45) is 5.92 Å². The standard InChI is InChI=1S/C15H22N2O2S/c1-2-9-16-14-11-20-10-13(14)8-7-12-5-3-4-6-15(12)17(18)19/h3-6,13-14,16H,2,7-11H2,1H3. The molecule has 2 atom stereocenters. The highest BCUT2D eigenvalue weighted by molar-refractivity contribution is 7.99. The first-order chi connectivity index (χ1) is 9.72. The molecule has 5 heteroatoms. The summed E-state index contributed by atoms with van der Waals surface area (Å²) >= 11 is 1.99. The van der Waals surface area contributed by atoms with Crippen LogP contribution < -0.4 is 5.32 Å². The van der Waals surface area contributed by atoms with Gasteiger partial charge in [-0.3, -0.25) is 10.1 Å². The van der Waals surface area contributed by atoms with Crippen LogP contribution in [0.1, 0.15) is 25.3 Å². The molecule has 110 valence electrons. The third-order valence-corrected chi connectivity index (χ3v) is 5.09. The third-order valence-electron chi connectivity index (χ3n) is 3.83. The molecule has 0 saturated carbocycles. The van der Waals surface area contributed by atoms with E-state index >= 15 is 0 Å². The molecule has 1 aromatic rings. The first-order valence-corrected chi connectivity index (χ1v) is 8.41. The summed E-state index contributed by atoms with van der Waals surface area (Å²) in [6, 6.07) is 7.68. The van der Waals surface area contributed by atoms with Gasteiger partial charge in [0.1, 0.15) is 0 Å². The van der Waals surface area contributed by atoms with Crippen molar-refractivity contribution in [1.29, 1.82) is 0 Å². The monoisotopic (exact) mass is 294 g/mol. The number of nitro groups is 1. The van der Waals surface area contributed by atoms with Gasteiger partial charge in [-0.1, -0.05) is 25.1 Å². The van der Waals surface area contributed by atoms with Crippen LogP contribution in [0.15, 0.2) is 24.3 Å². The van der Waals surface area contributed by atoms with Crippen molar-refractivity contribution in [2.75, 3.05) is 18.1 Å². The van der Waals surface area contributed by atoms with Crippen LogP contribution >= 0.6 is 11.8 Å². The van der Waals surface area contributed by atoms with Gasteiger partial charge < -0.3 is 5.32 Å². The molecule has 0 amide bonds. The van der Waals surface area contributed by atoms with Crippen molar-refractivity contribution in [2.45, 2.75) is 32.2 Å². The van der Waals surface area contributed by atoms with Crippen molar-refractivity contribution in [1.82, 2.24) is 5.32 Å². The Balaban J connectivity index is 1.93. The van der Waals surface area contributed by atoms with Gasteiger partial charge in [-0.25, -0.2) is 0 Å². The molecule has 1 aliphatic rings. The predicted octanol–water partition coefficient (Wildman–Crippen LogP) is 3.26. The topological polar surface area (TPSA) is 55.2 Å². The number of hydrogen-bond acceptors (Lipinski definition) is 4. The fraction of sp³-hybridized carbons (Fsp3) is 0.600. The number of nitro benzene ring substituents is 1. The molecule has 1 saturated heterocycles. The van der Waals surface area contributed by atoms with Crippen LogP contribution in [0.4, 0.5) is 5.69 Å². The van der Waals surface area contributed by atoms with E-state index in [0.717, 1.165) is 31.4 Å². The van der Waals surface area contributed by atoms with E-state index in [0.29, 0.717) is 12.0 Å². The Labute approximate surface area is 124 Å². The normalized spacial score (nSPS) is 22.1. The van der Waals surface area contributed by atoms with Gasteiger partial charge in [-0.05, 0) is 37.5 Å². The average Bonchev–Trinajstić information content (AvgIpc) is 2.90. The van der Waals surface area contributed by atoms with E-state index in [2.05, 4.69) is 12.2 Å². The summed E-state index contributed by atoms with van der Waals surface area (Å²) in [5.74, 6) is 2.97. The summed E-state index contributed by atoms with van der Waals surface area (Å²) in [6.45, 7) is 3.24. The molecule has 0 radical (unpaired) electrons. The van der Waals surface area contributed by atoms with Gasteiger partial charge in [-0.15, -0.1) is 0 Å². The highest BCUT2D eigenvalue weighted by Crippen LogP contribution is 2.29. The number of hydrogen-bond donors (Lipinski definition) is 1. The second kappa shape index (κ2) is 7.64. The summed E-state index contributed by atoms with van der Waals surface area (Å²) < 4.78 is 0. The number of benzene rings is 1. The molecule has 1 fully saturated rings. The maximum absolute atomic E-state index is 11.0. The number of thioether (sulfide) groups is 1. The summed E-state index contributed by atoms with van der Waals surface area (Å²) in [7, 11) is 0. The molecule has 0 bridgehead atoms. The zero-order valence-corrected chi connectivity index (χ0v) is 12.7. The smallest absolute Gasteiger partial charge is 0.272 e. The zero-order chi connectivity index (χ0) is 14.4. The van der Waals surface area contributed by atoms with Crippen molar-refractivity contribution in [3.05, 3.63) is 39.9 Å². The molecule has 1 aromatic carbocycles. The highest BCUT2D eigenvalue weighted by Gasteiger charge is 2.27. The van der Waals surface area contributed by atoms with Crippen molar-refractivity contribution < 1.29 is 4.92 Å². The molecular formula is C15H22N2O2S. The van der Waals surface area contributed by atoms with Crippen molar-refractivity contribution in [3.8, 4) is 0 Å². The maximum Gasteiger partial charge on any atom is 0.272 e. The van der Waals surface area contributed by atoms with E-state index in [1.54, 1.807) is 12.1 Å². The van der Waals surface area contributed by atoms with E-state index in [1.165, 1.54) is 11.5 Å². The molecule has 2 rings (SSSR count). The summed E-state index contributed by atoms with van der Waals surface area (Å²) in [5, 5.41) is 14.6. The Morgan fingerprint density at radius 3 is 2.95 bits per heavy atom. The minimum Gasteiger partial charge on any atom is -0.313 e. The van der Waals surface area contributed by atoms with Crippen molar-refractivity contribution >= 4 is 17.4 Å². The van der Waals surface area contributed by atoms with Gasteiger partial charge in [0.2, 0.25) is 0 Å². The molecular weight excluding hydrogens is 272 g/mol. The SMILES string of the molecule is CCCNC1CSCC1CCc1ccccc1[N+](=O)[O-]. The molecule has 0 aromatic heterocycles. The second-order valence-electron chi connectivity index (χ2n) is 5.28. The van der Waals surface area contributed by atoms with Crippen molar-refractivity contribution in [3.63, 3.8) is 0 Å². The second-order valence-corrected chi connectivity index (χ2v) is 6.36. The Morgan fingerprint density at radius 1 is 1.40 bits per heavy atom. The van der Waals surface area contributed by atoms with Crippen LogP contribution in [-0.2, 0) is 6.42 Å². The van der Waals surface area contributed by atoms with E-state index in [9.17, 15) is 10.1 Å². The minimum absolute atomic E-state index is 0.260. The lowest BCUT2D eigenvalue weighted by molar-refractivity contribution is -0.385. The van der Waals surface area contributed by atoms with E-state index < -0.39 is 0 Å². The zero-order valence-electron chi connectivity index (χ0n) is 11.9. The van der Waals surface area contributed by atoms with Crippen LogP contribution in [0, 0.1) is 16.0 Å².